The normalized spacial score (nSPS) is 11.0. The molecular weight excluding hydrogens is 154 g/mol. The second-order valence-electron chi connectivity index (χ2n) is 3.28. The lowest BCUT2D eigenvalue weighted by atomic mass is 10.2. The van der Waals surface area contributed by atoms with Crippen molar-refractivity contribution in [2.75, 3.05) is 0 Å². The van der Waals surface area contributed by atoms with Crippen LogP contribution < -0.4 is 5.90 Å². The topological polar surface area (TPSA) is 53.1 Å². The number of nitrogens with two attached hydrogens (primary N) is 1. The zero-order valence-electron chi connectivity index (χ0n) is 7.53. The van der Waals surface area contributed by atoms with E-state index in [-0.39, 0.29) is 0 Å². The molecule has 1 aromatic rings. The van der Waals surface area contributed by atoms with Gasteiger partial charge in [0.25, 0.3) is 0 Å². The Balaban J connectivity index is 2.52. The fraction of sp³-hybridized carbons (Fsp3) is 0.625. The molecule has 0 spiro atoms. The van der Waals surface area contributed by atoms with Crippen LogP contribution in [0, 0.1) is 5.92 Å². The van der Waals surface area contributed by atoms with E-state index in [1.807, 2.05) is 10.9 Å². The Hall–Kier alpha value is -0.870. The summed E-state index contributed by atoms with van der Waals surface area (Å²) in [4.78, 5) is 4.49. The Morgan fingerprint density at radius 3 is 3.00 bits per heavy atom. The van der Waals surface area contributed by atoms with Gasteiger partial charge in [0.1, 0.15) is 0 Å². The molecule has 1 heterocycles. The van der Waals surface area contributed by atoms with Gasteiger partial charge in [0, 0.05) is 18.3 Å². The third-order valence-corrected chi connectivity index (χ3v) is 1.49. The average molecular weight is 169 g/mol. The monoisotopic (exact) mass is 169 g/mol. The minimum absolute atomic E-state index is 0.429. The first-order chi connectivity index (χ1) is 5.72. The quantitative estimate of drug-likeness (QED) is 0.682. The van der Waals surface area contributed by atoms with E-state index in [0.29, 0.717) is 12.5 Å². The van der Waals surface area contributed by atoms with Crippen LogP contribution in [0.3, 0.4) is 0 Å². The average Bonchev–Trinajstić information content (AvgIpc) is 2.36. The molecule has 1 rings (SSSR count). The van der Waals surface area contributed by atoms with Crippen molar-refractivity contribution in [1.82, 2.24) is 9.78 Å². The zero-order valence-corrected chi connectivity index (χ0v) is 7.53. The summed E-state index contributed by atoms with van der Waals surface area (Å²) in [6.07, 6.45) is 3.72. The molecule has 0 aliphatic rings. The third-order valence-electron chi connectivity index (χ3n) is 1.49. The molecular formula is C8H15N3O. The molecule has 0 fully saturated rings. The summed E-state index contributed by atoms with van der Waals surface area (Å²) in [5, 5.41) is 4.16. The maximum atomic E-state index is 4.93. The Labute approximate surface area is 72.3 Å². The van der Waals surface area contributed by atoms with Crippen LogP contribution in [0.1, 0.15) is 19.4 Å². The van der Waals surface area contributed by atoms with Gasteiger partial charge in [0.15, 0.2) is 0 Å². The van der Waals surface area contributed by atoms with Crippen LogP contribution in [-0.4, -0.2) is 9.78 Å². The minimum Gasteiger partial charge on any atom is -0.300 e. The molecule has 4 heteroatoms. The Morgan fingerprint density at radius 2 is 2.42 bits per heavy atom. The zero-order chi connectivity index (χ0) is 8.97. The summed E-state index contributed by atoms with van der Waals surface area (Å²) in [6, 6.07) is 0. The van der Waals surface area contributed by atoms with Gasteiger partial charge in [-0.25, -0.2) is 5.90 Å². The molecule has 68 valence electrons. The van der Waals surface area contributed by atoms with E-state index in [9.17, 15) is 0 Å². The fourth-order valence-electron chi connectivity index (χ4n) is 1.05. The SMILES string of the molecule is CC(C)Cn1cc(CON)cn1. The maximum absolute atomic E-state index is 4.93. The van der Waals surface area contributed by atoms with Crippen LogP contribution in [0.5, 0.6) is 0 Å². The lowest BCUT2D eigenvalue weighted by Gasteiger charge is -2.03. The first-order valence-electron chi connectivity index (χ1n) is 4.05. The van der Waals surface area contributed by atoms with Gasteiger partial charge < -0.3 is 0 Å². The van der Waals surface area contributed by atoms with Crippen molar-refractivity contribution in [3.63, 3.8) is 0 Å². The van der Waals surface area contributed by atoms with E-state index >= 15 is 0 Å². The van der Waals surface area contributed by atoms with Crippen molar-refractivity contribution < 1.29 is 4.84 Å². The highest BCUT2D eigenvalue weighted by Gasteiger charge is 1.99. The van der Waals surface area contributed by atoms with E-state index in [4.69, 9.17) is 5.90 Å². The highest BCUT2D eigenvalue weighted by Crippen LogP contribution is 2.02. The van der Waals surface area contributed by atoms with E-state index in [1.54, 1.807) is 6.20 Å². The first-order valence-corrected chi connectivity index (χ1v) is 4.05. The highest BCUT2D eigenvalue weighted by molar-refractivity contribution is 5.01. The summed E-state index contributed by atoms with van der Waals surface area (Å²) >= 11 is 0. The van der Waals surface area contributed by atoms with Gasteiger partial charge in [0.2, 0.25) is 0 Å². The lowest BCUT2D eigenvalue weighted by molar-refractivity contribution is 0.124. The molecule has 0 aliphatic carbocycles. The van der Waals surface area contributed by atoms with Crippen LogP contribution >= 0.6 is 0 Å². The molecule has 4 nitrogen and oxygen atoms in total. The molecule has 0 unspecified atom stereocenters. The molecule has 2 N–H and O–H groups in total. The van der Waals surface area contributed by atoms with Crippen molar-refractivity contribution in [3.05, 3.63) is 18.0 Å². The van der Waals surface area contributed by atoms with Gasteiger partial charge in [-0.3, -0.25) is 9.52 Å². The van der Waals surface area contributed by atoms with Crippen LogP contribution in [0.15, 0.2) is 12.4 Å². The largest absolute Gasteiger partial charge is 0.300 e. The van der Waals surface area contributed by atoms with Crippen LogP contribution in [0.2, 0.25) is 0 Å². The standard InChI is InChI=1S/C8H15N3O/c1-7(2)4-11-5-8(3-10-11)6-12-9/h3,5,7H,4,6,9H2,1-2H3. The van der Waals surface area contributed by atoms with Gasteiger partial charge in [-0.1, -0.05) is 13.8 Å². The van der Waals surface area contributed by atoms with E-state index in [1.165, 1.54) is 0 Å². The van der Waals surface area contributed by atoms with Gasteiger partial charge >= 0.3 is 0 Å². The molecule has 0 bridgehead atoms. The second kappa shape index (κ2) is 4.23. The van der Waals surface area contributed by atoms with Crippen molar-refractivity contribution in [1.29, 1.82) is 0 Å². The fourth-order valence-corrected chi connectivity index (χ4v) is 1.05. The number of rotatable bonds is 4. The molecule has 0 amide bonds. The van der Waals surface area contributed by atoms with Crippen molar-refractivity contribution in [2.24, 2.45) is 11.8 Å². The highest BCUT2D eigenvalue weighted by atomic mass is 16.6. The number of hydrogen-bond donors (Lipinski definition) is 1. The van der Waals surface area contributed by atoms with Crippen LogP contribution in [0.4, 0.5) is 0 Å². The summed E-state index contributed by atoms with van der Waals surface area (Å²) in [5.74, 6) is 5.54. The minimum atomic E-state index is 0.429. The molecule has 0 aromatic carbocycles. The van der Waals surface area contributed by atoms with Gasteiger partial charge in [-0.15, -0.1) is 0 Å². The number of nitrogens with zero attached hydrogens (tertiary/aromatic N) is 2. The predicted molar refractivity (Wildman–Crippen MR) is 46.0 cm³/mol. The van der Waals surface area contributed by atoms with Gasteiger partial charge in [0.05, 0.1) is 12.8 Å². The number of aromatic nitrogens is 2. The maximum Gasteiger partial charge on any atom is 0.0960 e. The Kier molecular flexibility index (Phi) is 3.25. The Morgan fingerprint density at radius 1 is 1.67 bits per heavy atom. The van der Waals surface area contributed by atoms with Crippen molar-refractivity contribution in [3.8, 4) is 0 Å². The second-order valence-corrected chi connectivity index (χ2v) is 3.28. The molecule has 0 saturated carbocycles. The summed E-state index contributed by atoms with van der Waals surface area (Å²) < 4.78 is 1.90. The molecule has 0 radical (unpaired) electrons. The summed E-state index contributed by atoms with van der Waals surface area (Å²) in [6.45, 7) is 5.67. The van der Waals surface area contributed by atoms with Gasteiger partial charge in [-0.05, 0) is 5.92 Å². The first kappa shape index (κ1) is 9.22. The summed E-state index contributed by atoms with van der Waals surface area (Å²) in [7, 11) is 0. The molecule has 0 saturated heterocycles. The predicted octanol–water partition coefficient (Wildman–Crippen LogP) is 0.929. The molecule has 0 aliphatic heterocycles. The third kappa shape index (κ3) is 2.64. The van der Waals surface area contributed by atoms with Crippen molar-refractivity contribution >= 4 is 0 Å². The molecule has 12 heavy (non-hydrogen) atoms. The van der Waals surface area contributed by atoms with E-state index < -0.39 is 0 Å². The van der Waals surface area contributed by atoms with E-state index in [2.05, 4.69) is 23.8 Å². The van der Waals surface area contributed by atoms with Crippen LogP contribution in [0.25, 0.3) is 0 Å². The van der Waals surface area contributed by atoms with E-state index in [0.717, 1.165) is 12.1 Å². The van der Waals surface area contributed by atoms with Crippen molar-refractivity contribution in [2.45, 2.75) is 27.0 Å². The van der Waals surface area contributed by atoms with Crippen LogP contribution in [-0.2, 0) is 18.0 Å². The van der Waals surface area contributed by atoms with Gasteiger partial charge in [-0.2, -0.15) is 5.10 Å². The number of hydrogen-bond acceptors (Lipinski definition) is 3. The molecule has 1 aromatic heterocycles. The Bertz CT molecular complexity index is 232. The lowest BCUT2D eigenvalue weighted by Crippen LogP contribution is -2.04. The molecule has 0 atom stereocenters. The summed E-state index contributed by atoms with van der Waals surface area (Å²) in [5.41, 5.74) is 1.01. The smallest absolute Gasteiger partial charge is 0.0960 e.